The van der Waals surface area contributed by atoms with Crippen LogP contribution in [0.2, 0.25) is 0 Å². The highest BCUT2D eigenvalue weighted by atomic mass is 32.1. The Balaban J connectivity index is 2.17. The van der Waals surface area contributed by atoms with E-state index in [9.17, 15) is 10.1 Å². The maximum absolute atomic E-state index is 10.7. The summed E-state index contributed by atoms with van der Waals surface area (Å²) < 4.78 is 0. The van der Waals surface area contributed by atoms with Crippen LogP contribution in [0.25, 0.3) is 0 Å². The van der Waals surface area contributed by atoms with Crippen molar-refractivity contribution in [2.24, 2.45) is 0 Å². The molecular weight excluding hydrogens is 250 g/mol. The van der Waals surface area contributed by atoms with Crippen LogP contribution in [0.15, 0.2) is 29.8 Å². The number of aromatic nitrogens is 1. The van der Waals surface area contributed by atoms with Gasteiger partial charge in [-0.3, -0.25) is 10.1 Å². The molecule has 1 heterocycles. The normalized spacial score (nSPS) is 12.1. The fraction of sp³-hybridized carbons (Fsp3) is 0.250. The van der Waals surface area contributed by atoms with Gasteiger partial charge in [-0.25, -0.2) is 4.98 Å². The van der Waals surface area contributed by atoms with E-state index in [1.54, 1.807) is 22.9 Å². The summed E-state index contributed by atoms with van der Waals surface area (Å²) in [5.74, 6) is 0. The molecule has 0 saturated heterocycles. The van der Waals surface area contributed by atoms with Crippen molar-refractivity contribution < 1.29 is 4.92 Å². The Morgan fingerprint density at radius 1 is 1.50 bits per heavy atom. The molecule has 0 saturated carbocycles. The molecule has 0 amide bonds. The van der Waals surface area contributed by atoms with Gasteiger partial charge in [0.1, 0.15) is 0 Å². The van der Waals surface area contributed by atoms with Gasteiger partial charge < -0.3 is 5.32 Å². The zero-order valence-electron chi connectivity index (χ0n) is 10.1. The second-order valence-corrected chi connectivity index (χ2v) is 4.86. The second kappa shape index (κ2) is 5.14. The lowest BCUT2D eigenvalue weighted by Crippen LogP contribution is -2.06. The molecule has 2 rings (SSSR count). The van der Waals surface area contributed by atoms with E-state index < -0.39 is 4.92 Å². The summed E-state index contributed by atoms with van der Waals surface area (Å²) in [6, 6.07) is 6.59. The van der Waals surface area contributed by atoms with Gasteiger partial charge in [-0.1, -0.05) is 6.07 Å². The van der Waals surface area contributed by atoms with Gasteiger partial charge in [0.05, 0.1) is 22.2 Å². The average Bonchev–Trinajstić information content (AvgIpc) is 2.76. The van der Waals surface area contributed by atoms with E-state index in [4.69, 9.17) is 0 Å². The standard InChI is InChI=1S/C12H13N3O2S/c1-8-12(18-7-13-8)9(2)14-10-4-3-5-11(6-10)15(16)17/h3-7,9,14H,1-2H3. The van der Waals surface area contributed by atoms with Crippen molar-refractivity contribution in [2.75, 3.05) is 5.32 Å². The molecule has 0 aliphatic rings. The van der Waals surface area contributed by atoms with Crippen molar-refractivity contribution in [2.45, 2.75) is 19.9 Å². The summed E-state index contributed by atoms with van der Waals surface area (Å²) in [5, 5.41) is 13.9. The third kappa shape index (κ3) is 2.65. The summed E-state index contributed by atoms with van der Waals surface area (Å²) in [6.07, 6.45) is 0. The molecule has 94 valence electrons. The number of benzene rings is 1. The highest BCUT2D eigenvalue weighted by molar-refractivity contribution is 7.09. The summed E-state index contributed by atoms with van der Waals surface area (Å²) >= 11 is 1.58. The molecule has 1 atom stereocenters. The minimum absolute atomic E-state index is 0.0829. The third-order valence-electron chi connectivity index (χ3n) is 2.62. The van der Waals surface area contributed by atoms with Gasteiger partial charge in [-0.15, -0.1) is 11.3 Å². The van der Waals surface area contributed by atoms with Crippen LogP contribution in [0.5, 0.6) is 0 Å². The SMILES string of the molecule is Cc1ncsc1C(C)Nc1cccc([N+](=O)[O-])c1. The fourth-order valence-electron chi connectivity index (χ4n) is 1.75. The molecule has 0 bridgehead atoms. The number of anilines is 1. The lowest BCUT2D eigenvalue weighted by molar-refractivity contribution is -0.384. The lowest BCUT2D eigenvalue weighted by Gasteiger charge is -2.14. The number of nitro benzene ring substituents is 1. The maximum atomic E-state index is 10.7. The van der Waals surface area contributed by atoms with E-state index in [1.807, 2.05) is 19.9 Å². The number of nitrogens with zero attached hydrogens (tertiary/aromatic N) is 2. The Labute approximate surface area is 109 Å². The number of hydrogen-bond donors (Lipinski definition) is 1. The van der Waals surface area contributed by atoms with Crippen LogP contribution in [0, 0.1) is 17.0 Å². The van der Waals surface area contributed by atoms with Crippen molar-refractivity contribution in [3.05, 3.63) is 50.5 Å². The monoisotopic (exact) mass is 263 g/mol. The molecule has 1 aromatic heterocycles. The predicted molar refractivity (Wildman–Crippen MR) is 72.0 cm³/mol. The van der Waals surface area contributed by atoms with Crippen molar-refractivity contribution in [3.8, 4) is 0 Å². The predicted octanol–water partition coefficient (Wildman–Crippen LogP) is 3.53. The van der Waals surface area contributed by atoms with Crippen LogP contribution >= 0.6 is 11.3 Å². The highest BCUT2D eigenvalue weighted by Gasteiger charge is 2.12. The van der Waals surface area contributed by atoms with Crippen LogP contribution in [-0.4, -0.2) is 9.91 Å². The Morgan fingerprint density at radius 3 is 2.89 bits per heavy atom. The first kappa shape index (κ1) is 12.5. The second-order valence-electron chi connectivity index (χ2n) is 3.98. The molecule has 18 heavy (non-hydrogen) atoms. The van der Waals surface area contributed by atoms with Gasteiger partial charge in [0.15, 0.2) is 0 Å². The number of rotatable bonds is 4. The Hall–Kier alpha value is -1.95. The smallest absolute Gasteiger partial charge is 0.271 e. The van der Waals surface area contributed by atoms with Crippen molar-refractivity contribution in [1.29, 1.82) is 0 Å². The Kier molecular flexibility index (Phi) is 3.57. The summed E-state index contributed by atoms with van der Waals surface area (Å²) in [4.78, 5) is 15.6. The molecule has 0 aliphatic heterocycles. The van der Waals surface area contributed by atoms with Crippen LogP contribution < -0.4 is 5.32 Å². The van der Waals surface area contributed by atoms with E-state index in [0.29, 0.717) is 0 Å². The van der Waals surface area contributed by atoms with E-state index in [1.165, 1.54) is 12.1 Å². The van der Waals surface area contributed by atoms with Crippen LogP contribution in [0.3, 0.4) is 0 Å². The lowest BCUT2D eigenvalue weighted by atomic mass is 10.2. The number of non-ortho nitro benzene ring substituents is 1. The molecule has 5 nitrogen and oxygen atoms in total. The van der Waals surface area contributed by atoms with Gasteiger partial charge in [0.25, 0.3) is 5.69 Å². The van der Waals surface area contributed by atoms with Gasteiger partial charge in [0.2, 0.25) is 0 Å². The molecule has 2 aromatic rings. The Bertz CT molecular complexity index is 568. The minimum Gasteiger partial charge on any atom is -0.377 e. The highest BCUT2D eigenvalue weighted by Crippen LogP contribution is 2.26. The van der Waals surface area contributed by atoms with E-state index in [2.05, 4.69) is 10.3 Å². The van der Waals surface area contributed by atoms with Crippen molar-refractivity contribution >= 4 is 22.7 Å². The first-order valence-electron chi connectivity index (χ1n) is 5.49. The summed E-state index contributed by atoms with van der Waals surface area (Å²) in [7, 11) is 0. The molecule has 1 aromatic carbocycles. The fourth-order valence-corrected chi connectivity index (χ4v) is 2.56. The quantitative estimate of drug-likeness (QED) is 0.676. The zero-order chi connectivity index (χ0) is 13.1. The molecule has 0 spiro atoms. The molecule has 1 N–H and O–H groups in total. The molecule has 0 aliphatic carbocycles. The molecule has 1 unspecified atom stereocenters. The first-order valence-corrected chi connectivity index (χ1v) is 6.37. The summed E-state index contributed by atoms with van der Waals surface area (Å²) in [5.41, 5.74) is 3.62. The number of nitro groups is 1. The first-order chi connectivity index (χ1) is 8.58. The molecule has 6 heteroatoms. The van der Waals surface area contributed by atoms with Crippen molar-refractivity contribution in [1.82, 2.24) is 4.98 Å². The maximum Gasteiger partial charge on any atom is 0.271 e. The Morgan fingerprint density at radius 2 is 2.28 bits per heavy atom. The van der Waals surface area contributed by atoms with Crippen LogP contribution in [0.4, 0.5) is 11.4 Å². The van der Waals surface area contributed by atoms with Crippen LogP contribution in [-0.2, 0) is 0 Å². The van der Waals surface area contributed by atoms with Crippen LogP contribution in [0.1, 0.15) is 23.5 Å². The third-order valence-corrected chi connectivity index (χ3v) is 3.73. The number of hydrogen-bond acceptors (Lipinski definition) is 5. The van der Waals surface area contributed by atoms with Crippen molar-refractivity contribution in [3.63, 3.8) is 0 Å². The van der Waals surface area contributed by atoms with Gasteiger partial charge in [-0.05, 0) is 19.9 Å². The number of aryl methyl sites for hydroxylation is 1. The molecule has 0 fully saturated rings. The minimum atomic E-state index is -0.395. The molecule has 0 radical (unpaired) electrons. The van der Waals surface area contributed by atoms with Gasteiger partial charge in [-0.2, -0.15) is 0 Å². The van der Waals surface area contributed by atoms with E-state index in [-0.39, 0.29) is 11.7 Å². The number of nitrogens with one attached hydrogen (secondary N) is 1. The molecular formula is C12H13N3O2S. The van der Waals surface area contributed by atoms with Gasteiger partial charge in [0, 0.05) is 22.7 Å². The average molecular weight is 263 g/mol. The van der Waals surface area contributed by atoms with E-state index >= 15 is 0 Å². The zero-order valence-corrected chi connectivity index (χ0v) is 10.9. The summed E-state index contributed by atoms with van der Waals surface area (Å²) in [6.45, 7) is 3.97. The number of thiazole rings is 1. The van der Waals surface area contributed by atoms with E-state index in [0.717, 1.165) is 16.3 Å². The topological polar surface area (TPSA) is 68.1 Å². The van der Waals surface area contributed by atoms with Gasteiger partial charge >= 0.3 is 0 Å². The largest absolute Gasteiger partial charge is 0.377 e.